The number of ether oxygens (including phenoxy) is 2. The van der Waals surface area contributed by atoms with E-state index in [9.17, 15) is 14.4 Å². The number of rotatable bonds is 1. The molecule has 2 heterocycles. The molecule has 21 heavy (non-hydrogen) atoms. The fraction of sp³-hybridized carbons (Fsp3) is 0.267. The zero-order valence-corrected chi connectivity index (χ0v) is 11.8. The van der Waals surface area contributed by atoms with Crippen LogP contribution in [0.4, 0.5) is 0 Å². The zero-order valence-electron chi connectivity index (χ0n) is 11.8. The third-order valence-corrected chi connectivity index (χ3v) is 2.42. The summed E-state index contributed by atoms with van der Waals surface area (Å²) < 4.78 is 9.06. The first-order valence-corrected chi connectivity index (χ1v) is 6.19. The van der Waals surface area contributed by atoms with Crippen LogP contribution in [0.25, 0.3) is 0 Å². The largest absolute Gasteiger partial charge is 0.478 e. The Morgan fingerprint density at radius 3 is 1.81 bits per heavy atom. The Morgan fingerprint density at radius 2 is 1.57 bits per heavy atom. The number of esters is 2. The minimum Gasteiger partial charge on any atom is -0.478 e. The summed E-state index contributed by atoms with van der Waals surface area (Å²) in [6.45, 7) is 7.64. The molecule has 1 N–H and O–H groups in total. The molecule has 0 amide bonds. The van der Waals surface area contributed by atoms with Crippen LogP contribution in [-0.4, -0.2) is 35.7 Å². The Hall–Kier alpha value is -2.47. The van der Waals surface area contributed by atoms with Crippen molar-refractivity contribution in [2.24, 2.45) is 0 Å². The molecule has 112 valence electrons. The lowest BCUT2D eigenvalue weighted by Crippen LogP contribution is -1.96. The highest BCUT2D eigenvalue weighted by Crippen LogP contribution is 2.18. The highest BCUT2D eigenvalue weighted by molar-refractivity contribution is 6.14. The molecule has 6 heteroatoms. The number of aliphatic carboxylic acids is 1. The summed E-state index contributed by atoms with van der Waals surface area (Å²) in [7, 11) is 0. The van der Waals surface area contributed by atoms with E-state index < -0.39 is 17.9 Å². The van der Waals surface area contributed by atoms with Crippen LogP contribution in [0.1, 0.15) is 34.6 Å². The van der Waals surface area contributed by atoms with E-state index in [0.29, 0.717) is 17.2 Å². The predicted molar refractivity (Wildman–Crippen MR) is 74.1 cm³/mol. The Kier molecular flexibility index (Phi) is 5.80. The zero-order chi connectivity index (χ0) is 16.0. The Balaban J connectivity index is 0.000000186. The average molecular weight is 292 g/mol. The van der Waals surface area contributed by atoms with Crippen molar-refractivity contribution in [3.8, 4) is 0 Å². The van der Waals surface area contributed by atoms with Gasteiger partial charge in [0.1, 0.15) is 0 Å². The number of benzene rings is 1. The van der Waals surface area contributed by atoms with Gasteiger partial charge in [0.2, 0.25) is 0 Å². The summed E-state index contributed by atoms with van der Waals surface area (Å²) in [5.74, 6) is -2.04. The van der Waals surface area contributed by atoms with Gasteiger partial charge in [-0.25, -0.2) is 14.4 Å². The molecule has 1 aromatic rings. The lowest BCUT2D eigenvalue weighted by Gasteiger charge is -1.86. The standard InChI is InChI=1S/C8H4O3.C4H6O2.C3H6O/c9-7-5-3-1-2-4-6(5)8(10)11-7;1-3(2)4(5)6;1-3-2-4-3/h1-4H;1H2,2H3,(H,5,6);3H,2H2,1H3. The second kappa shape index (κ2) is 7.35. The molecule has 0 aromatic heterocycles. The number of hydrogen-bond donors (Lipinski definition) is 1. The summed E-state index contributed by atoms with van der Waals surface area (Å²) >= 11 is 0. The van der Waals surface area contributed by atoms with E-state index in [0.717, 1.165) is 6.61 Å². The lowest BCUT2D eigenvalue weighted by atomic mass is 10.1. The van der Waals surface area contributed by atoms with Crippen LogP contribution in [0, 0.1) is 0 Å². The van der Waals surface area contributed by atoms with Crippen LogP contribution in [0.2, 0.25) is 0 Å². The average Bonchev–Trinajstić information content (AvgIpc) is 3.16. The number of carboxylic acids is 1. The third kappa shape index (κ3) is 5.58. The number of carboxylic acid groups (broad SMARTS) is 1. The highest BCUT2D eigenvalue weighted by atomic mass is 16.6. The van der Waals surface area contributed by atoms with Gasteiger partial charge in [-0.15, -0.1) is 0 Å². The van der Waals surface area contributed by atoms with Crippen LogP contribution in [0.3, 0.4) is 0 Å². The van der Waals surface area contributed by atoms with Gasteiger partial charge < -0.3 is 14.6 Å². The summed E-state index contributed by atoms with van der Waals surface area (Å²) in [5, 5.41) is 7.89. The van der Waals surface area contributed by atoms with Crippen LogP contribution in [-0.2, 0) is 14.3 Å². The normalized spacial score (nSPS) is 17.3. The van der Waals surface area contributed by atoms with Crippen molar-refractivity contribution < 1.29 is 29.0 Å². The topological polar surface area (TPSA) is 93.2 Å². The summed E-state index contributed by atoms with van der Waals surface area (Å²) in [6.07, 6.45) is 0.583. The van der Waals surface area contributed by atoms with Gasteiger partial charge in [-0.05, 0) is 26.0 Å². The lowest BCUT2D eigenvalue weighted by molar-refractivity contribution is -0.132. The second-order valence-electron chi connectivity index (χ2n) is 4.45. The fourth-order valence-electron chi connectivity index (χ4n) is 1.13. The number of cyclic esters (lactones) is 2. The first kappa shape index (κ1) is 16.6. The maximum absolute atomic E-state index is 10.8. The molecule has 0 aliphatic carbocycles. The first-order valence-electron chi connectivity index (χ1n) is 6.19. The number of carbonyl (C=O) groups excluding carboxylic acids is 2. The molecule has 0 radical (unpaired) electrons. The third-order valence-electron chi connectivity index (χ3n) is 2.42. The molecular weight excluding hydrogens is 276 g/mol. The number of fused-ring (bicyclic) bond motifs is 1. The summed E-state index contributed by atoms with van der Waals surface area (Å²) in [5.41, 5.74) is 0.894. The van der Waals surface area contributed by atoms with E-state index in [4.69, 9.17) is 9.84 Å². The quantitative estimate of drug-likeness (QED) is 0.368. The smallest absolute Gasteiger partial charge is 0.346 e. The van der Waals surface area contributed by atoms with E-state index in [2.05, 4.69) is 18.2 Å². The van der Waals surface area contributed by atoms with Crippen molar-refractivity contribution in [2.45, 2.75) is 20.0 Å². The van der Waals surface area contributed by atoms with Gasteiger partial charge in [0, 0.05) is 5.57 Å². The van der Waals surface area contributed by atoms with Gasteiger partial charge in [-0.3, -0.25) is 0 Å². The predicted octanol–water partition coefficient (Wildman–Crippen LogP) is 2.05. The molecule has 1 unspecified atom stereocenters. The van der Waals surface area contributed by atoms with Gasteiger partial charge in [0.05, 0.1) is 23.8 Å². The second-order valence-corrected chi connectivity index (χ2v) is 4.45. The van der Waals surface area contributed by atoms with Gasteiger partial charge in [-0.1, -0.05) is 18.7 Å². The van der Waals surface area contributed by atoms with Gasteiger partial charge in [-0.2, -0.15) is 0 Å². The SMILES string of the molecule is C=C(C)C(=O)O.CC1CO1.O=C1OC(=O)c2ccccc21. The summed E-state index contributed by atoms with van der Waals surface area (Å²) in [4.78, 5) is 31.3. The van der Waals surface area contributed by atoms with Crippen molar-refractivity contribution in [1.82, 2.24) is 0 Å². The van der Waals surface area contributed by atoms with Gasteiger partial charge >= 0.3 is 17.9 Å². The minimum absolute atomic E-state index is 0.176. The maximum Gasteiger partial charge on any atom is 0.346 e. The monoisotopic (exact) mass is 292 g/mol. The minimum atomic E-state index is -0.935. The van der Waals surface area contributed by atoms with E-state index in [1.54, 1.807) is 24.3 Å². The molecule has 3 rings (SSSR count). The molecule has 0 spiro atoms. The number of hydrogen-bond acceptors (Lipinski definition) is 5. The van der Waals surface area contributed by atoms with E-state index >= 15 is 0 Å². The fourth-order valence-corrected chi connectivity index (χ4v) is 1.13. The number of epoxide rings is 1. The van der Waals surface area contributed by atoms with Crippen LogP contribution in [0.15, 0.2) is 36.4 Å². The Labute approximate surface area is 122 Å². The highest BCUT2D eigenvalue weighted by Gasteiger charge is 2.28. The molecular formula is C15H16O6. The van der Waals surface area contributed by atoms with Crippen molar-refractivity contribution in [2.75, 3.05) is 6.61 Å². The van der Waals surface area contributed by atoms with E-state index in [-0.39, 0.29) is 5.57 Å². The van der Waals surface area contributed by atoms with E-state index in [1.165, 1.54) is 6.92 Å². The van der Waals surface area contributed by atoms with Crippen molar-refractivity contribution in [3.05, 3.63) is 47.5 Å². The van der Waals surface area contributed by atoms with Crippen molar-refractivity contribution >= 4 is 17.9 Å². The number of carbonyl (C=O) groups is 3. The molecule has 1 fully saturated rings. The van der Waals surface area contributed by atoms with Crippen molar-refractivity contribution in [3.63, 3.8) is 0 Å². The molecule has 2 aliphatic heterocycles. The molecule has 0 bridgehead atoms. The molecule has 1 saturated heterocycles. The van der Waals surface area contributed by atoms with Crippen LogP contribution < -0.4 is 0 Å². The molecule has 6 nitrogen and oxygen atoms in total. The first-order chi connectivity index (χ1) is 9.82. The molecule has 1 atom stereocenters. The Bertz CT molecular complexity index is 526. The molecule has 1 aromatic carbocycles. The van der Waals surface area contributed by atoms with Crippen LogP contribution in [0.5, 0.6) is 0 Å². The molecule has 0 saturated carbocycles. The van der Waals surface area contributed by atoms with Crippen LogP contribution >= 0.6 is 0 Å². The van der Waals surface area contributed by atoms with Crippen molar-refractivity contribution in [1.29, 1.82) is 0 Å². The van der Waals surface area contributed by atoms with Gasteiger partial charge in [0.15, 0.2) is 0 Å². The Morgan fingerprint density at radius 1 is 1.24 bits per heavy atom. The molecule has 2 aliphatic rings. The van der Waals surface area contributed by atoms with Gasteiger partial charge in [0.25, 0.3) is 0 Å². The maximum atomic E-state index is 10.8. The summed E-state index contributed by atoms with van der Waals surface area (Å²) in [6, 6.07) is 6.53. The van der Waals surface area contributed by atoms with E-state index in [1.807, 2.05) is 0 Å².